The molecule has 1 aliphatic heterocycles. The zero-order valence-corrected chi connectivity index (χ0v) is 6.66. The van der Waals surface area contributed by atoms with Crippen LogP contribution in [0, 0.1) is 0 Å². The zero-order valence-electron chi connectivity index (χ0n) is 5.77. The summed E-state index contributed by atoms with van der Waals surface area (Å²) >= 11 is 0. The van der Waals surface area contributed by atoms with Crippen LogP contribution in [-0.2, 0) is 13.9 Å². The van der Waals surface area contributed by atoms with Crippen LogP contribution in [0.15, 0.2) is 0 Å². The average Bonchev–Trinajstić information content (AvgIpc) is 2.32. The van der Waals surface area contributed by atoms with Crippen LogP contribution in [0.2, 0.25) is 0 Å². The van der Waals surface area contributed by atoms with Crippen molar-refractivity contribution in [3.8, 4) is 0 Å². The molecule has 0 aromatic heterocycles. The van der Waals surface area contributed by atoms with E-state index < -0.39 is 7.82 Å². The van der Waals surface area contributed by atoms with Crippen molar-refractivity contribution in [2.45, 2.75) is 19.1 Å². The van der Waals surface area contributed by atoms with Gasteiger partial charge in [0.25, 0.3) is 0 Å². The van der Waals surface area contributed by atoms with E-state index in [2.05, 4.69) is 10.1 Å². The van der Waals surface area contributed by atoms with Gasteiger partial charge in [-0.05, 0) is 12.8 Å². The summed E-state index contributed by atoms with van der Waals surface area (Å²) in [5.41, 5.74) is 2.14. The van der Waals surface area contributed by atoms with Crippen molar-refractivity contribution in [1.29, 1.82) is 0 Å². The van der Waals surface area contributed by atoms with Crippen molar-refractivity contribution < 1.29 is 23.7 Å². The highest BCUT2D eigenvalue weighted by Gasteiger charge is 2.20. The van der Waals surface area contributed by atoms with E-state index in [-0.39, 0.29) is 6.23 Å². The lowest BCUT2D eigenvalue weighted by atomic mass is 10.3. The second-order valence-corrected chi connectivity index (χ2v) is 3.37. The molecule has 0 aromatic rings. The lowest BCUT2D eigenvalue weighted by molar-refractivity contribution is -0.0164. The quantitative estimate of drug-likeness (QED) is 0.412. The monoisotopic (exact) mass is 183 g/mol. The van der Waals surface area contributed by atoms with Gasteiger partial charge in [0, 0.05) is 6.61 Å². The summed E-state index contributed by atoms with van der Waals surface area (Å²) in [6.07, 6.45) is 1.20. The molecule has 1 aliphatic rings. The molecular weight excluding hydrogens is 173 g/mol. The van der Waals surface area contributed by atoms with Crippen molar-refractivity contribution in [2.75, 3.05) is 6.61 Å². The molecule has 0 radical (unpaired) electrons. The first-order chi connectivity index (χ1) is 5.08. The van der Waals surface area contributed by atoms with Gasteiger partial charge in [0.2, 0.25) is 0 Å². The van der Waals surface area contributed by atoms with Crippen molar-refractivity contribution in [1.82, 2.24) is 5.48 Å². The second-order valence-electron chi connectivity index (χ2n) is 2.20. The number of ether oxygens (including phenoxy) is 1. The molecular formula is C4H10NO5P. The molecule has 1 atom stereocenters. The predicted octanol–water partition coefficient (Wildman–Crippen LogP) is -0.263. The van der Waals surface area contributed by atoms with Gasteiger partial charge in [0.15, 0.2) is 0 Å². The first kappa shape index (κ1) is 9.12. The van der Waals surface area contributed by atoms with Gasteiger partial charge in [-0.2, -0.15) is 10.1 Å². The fourth-order valence-corrected chi connectivity index (χ4v) is 1.05. The van der Waals surface area contributed by atoms with Gasteiger partial charge in [-0.15, -0.1) is 0 Å². The molecule has 1 saturated heterocycles. The third-order valence-corrected chi connectivity index (χ3v) is 1.58. The highest BCUT2D eigenvalue weighted by atomic mass is 31.2. The molecule has 1 rings (SSSR count). The molecule has 0 aliphatic carbocycles. The molecule has 0 spiro atoms. The van der Waals surface area contributed by atoms with Crippen LogP contribution in [-0.4, -0.2) is 22.6 Å². The van der Waals surface area contributed by atoms with E-state index in [4.69, 9.17) is 14.5 Å². The maximum atomic E-state index is 10.1. The fourth-order valence-electron chi connectivity index (χ4n) is 0.798. The van der Waals surface area contributed by atoms with Crippen molar-refractivity contribution in [3.63, 3.8) is 0 Å². The molecule has 1 unspecified atom stereocenters. The molecule has 6 nitrogen and oxygen atoms in total. The largest absolute Gasteiger partial charge is 0.486 e. The van der Waals surface area contributed by atoms with E-state index in [9.17, 15) is 4.57 Å². The third kappa shape index (κ3) is 3.81. The molecule has 0 bridgehead atoms. The molecule has 0 saturated carbocycles. The van der Waals surface area contributed by atoms with E-state index in [1.54, 1.807) is 0 Å². The number of hydrogen-bond acceptors (Lipinski definition) is 4. The smallest absolute Gasteiger partial charge is 0.361 e. The summed E-state index contributed by atoms with van der Waals surface area (Å²) in [5.74, 6) is 0. The summed E-state index contributed by atoms with van der Waals surface area (Å²) in [6, 6.07) is 0. The molecule has 1 heterocycles. The third-order valence-electron chi connectivity index (χ3n) is 1.23. The van der Waals surface area contributed by atoms with E-state index in [0.29, 0.717) is 13.0 Å². The number of rotatable bonds is 3. The van der Waals surface area contributed by atoms with E-state index in [1.165, 1.54) is 0 Å². The Labute approximate surface area is 63.7 Å². The van der Waals surface area contributed by atoms with E-state index in [0.717, 1.165) is 6.42 Å². The average molecular weight is 183 g/mol. The number of phosphoric acid groups is 1. The fraction of sp³-hybridized carbons (Fsp3) is 1.00. The SMILES string of the molecule is O=P(O)(O)ONC1CCCO1. The second kappa shape index (κ2) is 3.62. The number of hydroxylamine groups is 1. The van der Waals surface area contributed by atoms with Gasteiger partial charge in [0.1, 0.15) is 6.23 Å². The summed E-state index contributed by atoms with van der Waals surface area (Å²) in [4.78, 5) is 16.5. The van der Waals surface area contributed by atoms with Crippen LogP contribution < -0.4 is 5.48 Å². The van der Waals surface area contributed by atoms with E-state index in [1.807, 2.05) is 0 Å². The Balaban J connectivity index is 2.16. The van der Waals surface area contributed by atoms with Gasteiger partial charge < -0.3 is 14.5 Å². The lowest BCUT2D eigenvalue weighted by Gasteiger charge is -2.11. The Hall–Kier alpha value is 0.0300. The highest BCUT2D eigenvalue weighted by Crippen LogP contribution is 2.34. The van der Waals surface area contributed by atoms with Crippen molar-refractivity contribution in [3.05, 3.63) is 0 Å². The van der Waals surface area contributed by atoms with Crippen LogP contribution in [0.4, 0.5) is 0 Å². The number of nitrogens with one attached hydrogen (secondary N) is 1. The van der Waals surface area contributed by atoms with Crippen LogP contribution in [0.1, 0.15) is 12.8 Å². The van der Waals surface area contributed by atoms with Crippen molar-refractivity contribution >= 4 is 7.82 Å². The Kier molecular flexibility index (Phi) is 3.00. The van der Waals surface area contributed by atoms with Crippen molar-refractivity contribution in [2.24, 2.45) is 0 Å². The molecule has 11 heavy (non-hydrogen) atoms. The van der Waals surface area contributed by atoms with Gasteiger partial charge in [-0.25, -0.2) is 4.57 Å². The first-order valence-electron chi connectivity index (χ1n) is 3.19. The van der Waals surface area contributed by atoms with Gasteiger partial charge in [-0.3, -0.25) is 0 Å². The van der Waals surface area contributed by atoms with Gasteiger partial charge in [-0.1, -0.05) is 0 Å². The van der Waals surface area contributed by atoms with Gasteiger partial charge >= 0.3 is 7.82 Å². The standard InChI is InChI=1S/C4H10NO5P/c6-11(7,8)10-5-4-2-1-3-9-4/h4-5H,1-3H2,(H2,6,7,8). The molecule has 1 fully saturated rings. The van der Waals surface area contributed by atoms with Crippen LogP contribution >= 0.6 is 7.82 Å². The summed E-state index contributed by atoms with van der Waals surface area (Å²) in [7, 11) is -4.41. The summed E-state index contributed by atoms with van der Waals surface area (Å²) < 4.78 is 19.1. The van der Waals surface area contributed by atoms with Gasteiger partial charge in [0.05, 0.1) is 0 Å². The highest BCUT2D eigenvalue weighted by molar-refractivity contribution is 7.46. The maximum absolute atomic E-state index is 10.1. The van der Waals surface area contributed by atoms with Crippen LogP contribution in [0.25, 0.3) is 0 Å². The minimum atomic E-state index is -4.41. The molecule has 66 valence electrons. The Morgan fingerprint density at radius 3 is 2.82 bits per heavy atom. The minimum Gasteiger partial charge on any atom is -0.361 e. The molecule has 7 heteroatoms. The Morgan fingerprint density at radius 2 is 2.36 bits per heavy atom. The Bertz CT molecular complexity index is 162. The minimum absolute atomic E-state index is 0.386. The first-order valence-corrected chi connectivity index (χ1v) is 4.72. The normalized spacial score (nSPS) is 25.8. The van der Waals surface area contributed by atoms with Crippen LogP contribution in [0.5, 0.6) is 0 Å². The predicted molar refractivity (Wildman–Crippen MR) is 35.2 cm³/mol. The summed E-state index contributed by atoms with van der Waals surface area (Å²) in [6.45, 7) is 0.599. The molecule has 3 N–H and O–H groups in total. The lowest BCUT2D eigenvalue weighted by Crippen LogP contribution is -2.26. The topological polar surface area (TPSA) is 88.0 Å². The number of hydrogen-bond donors (Lipinski definition) is 3. The maximum Gasteiger partial charge on any atom is 0.486 e. The molecule has 0 amide bonds. The Morgan fingerprint density at radius 1 is 1.64 bits per heavy atom. The van der Waals surface area contributed by atoms with E-state index >= 15 is 0 Å². The summed E-state index contributed by atoms with van der Waals surface area (Å²) in [5, 5.41) is 0. The molecule has 0 aromatic carbocycles. The zero-order chi connectivity index (χ0) is 8.32. The van der Waals surface area contributed by atoms with Crippen LogP contribution in [0.3, 0.4) is 0 Å².